The van der Waals surface area contributed by atoms with Crippen LogP contribution in [0.5, 0.6) is 0 Å². The Bertz CT molecular complexity index is 497. The van der Waals surface area contributed by atoms with Gasteiger partial charge in [-0.15, -0.1) is 0 Å². The molecule has 116 valence electrons. The van der Waals surface area contributed by atoms with Crippen molar-refractivity contribution in [2.45, 2.75) is 52.2 Å². The summed E-state index contributed by atoms with van der Waals surface area (Å²) in [5.41, 5.74) is 0.547. The van der Waals surface area contributed by atoms with Crippen LogP contribution in [-0.4, -0.2) is 35.8 Å². The van der Waals surface area contributed by atoms with Crippen LogP contribution in [0.4, 0.5) is 10.6 Å². The van der Waals surface area contributed by atoms with E-state index < -0.39 is 5.60 Å². The van der Waals surface area contributed by atoms with E-state index in [1.54, 1.807) is 0 Å². The molecule has 0 aromatic carbocycles. The average molecular weight is 291 g/mol. The number of anilines is 1. The van der Waals surface area contributed by atoms with Crippen molar-refractivity contribution in [2.75, 3.05) is 18.0 Å². The van der Waals surface area contributed by atoms with Gasteiger partial charge in [-0.1, -0.05) is 6.07 Å². The highest BCUT2D eigenvalue weighted by Crippen LogP contribution is 2.18. The van der Waals surface area contributed by atoms with E-state index in [9.17, 15) is 4.79 Å². The number of nitrogens with one attached hydrogen (secondary N) is 1. The summed E-state index contributed by atoms with van der Waals surface area (Å²) in [6.07, 6.45) is 1.67. The van der Waals surface area contributed by atoms with Crippen LogP contribution >= 0.6 is 0 Å². The van der Waals surface area contributed by atoms with Gasteiger partial charge in [-0.3, -0.25) is 0 Å². The lowest BCUT2D eigenvalue weighted by Gasteiger charge is -2.34. The first kappa shape index (κ1) is 15.6. The molecule has 0 spiro atoms. The van der Waals surface area contributed by atoms with Gasteiger partial charge in [0.25, 0.3) is 0 Å². The number of ether oxygens (including phenoxy) is 1. The number of aromatic nitrogens is 1. The highest BCUT2D eigenvalue weighted by Gasteiger charge is 2.24. The number of nitrogens with zero attached hydrogens (tertiary/aromatic N) is 2. The molecule has 1 unspecified atom stereocenters. The van der Waals surface area contributed by atoms with Gasteiger partial charge in [-0.05, 0) is 52.7 Å². The molecule has 5 heteroatoms. The molecule has 21 heavy (non-hydrogen) atoms. The lowest BCUT2D eigenvalue weighted by atomic mass is 10.1. The maximum Gasteiger partial charge on any atom is 0.407 e. The van der Waals surface area contributed by atoms with E-state index >= 15 is 0 Å². The molecule has 1 aliphatic rings. The third kappa shape index (κ3) is 4.92. The van der Waals surface area contributed by atoms with Crippen molar-refractivity contribution >= 4 is 11.9 Å². The summed E-state index contributed by atoms with van der Waals surface area (Å²) in [4.78, 5) is 18.6. The van der Waals surface area contributed by atoms with Crippen molar-refractivity contribution in [3.63, 3.8) is 0 Å². The molecular weight excluding hydrogens is 266 g/mol. The second kappa shape index (κ2) is 6.33. The molecule has 1 aromatic heterocycles. The maximum absolute atomic E-state index is 11.9. The first-order valence-electron chi connectivity index (χ1n) is 7.51. The normalized spacial score (nSPS) is 19.2. The van der Waals surface area contributed by atoms with Crippen LogP contribution in [-0.2, 0) is 4.74 Å². The van der Waals surface area contributed by atoms with E-state index in [1.807, 2.05) is 45.9 Å². The molecule has 2 rings (SSSR count). The quantitative estimate of drug-likeness (QED) is 0.910. The van der Waals surface area contributed by atoms with E-state index in [0.29, 0.717) is 0 Å². The molecule has 1 aliphatic heterocycles. The molecule has 1 amide bonds. The fourth-order valence-corrected chi connectivity index (χ4v) is 2.48. The Labute approximate surface area is 126 Å². The molecule has 1 atom stereocenters. The Morgan fingerprint density at radius 3 is 2.86 bits per heavy atom. The number of carbonyl (C=O) groups excluding carboxylic acids is 1. The Morgan fingerprint density at radius 2 is 2.19 bits per heavy atom. The minimum atomic E-state index is -0.462. The lowest BCUT2D eigenvalue weighted by Crippen LogP contribution is -2.49. The number of alkyl carbamates (subject to hydrolysis) is 1. The van der Waals surface area contributed by atoms with E-state index in [-0.39, 0.29) is 12.1 Å². The second-order valence-electron chi connectivity index (χ2n) is 6.57. The molecule has 0 bridgehead atoms. The molecular formula is C16H25N3O2. The average Bonchev–Trinajstić information content (AvgIpc) is 2.36. The predicted molar refractivity (Wildman–Crippen MR) is 83.6 cm³/mol. The molecule has 0 saturated carbocycles. The summed E-state index contributed by atoms with van der Waals surface area (Å²) in [5.74, 6) is 0.977. The van der Waals surface area contributed by atoms with Crippen molar-refractivity contribution in [2.24, 2.45) is 0 Å². The fraction of sp³-hybridized carbons (Fsp3) is 0.625. The number of piperidine rings is 1. The second-order valence-corrected chi connectivity index (χ2v) is 6.57. The summed E-state index contributed by atoms with van der Waals surface area (Å²) in [6.45, 7) is 9.35. The van der Waals surface area contributed by atoms with Gasteiger partial charge in [0.05, 0.1) is 0 Å². The van der Waals surface area contributed by atoms with Gasteiger partial charge >= 0.3 is 6.09 Å². The summed E-state index contributed by atoms with van der Waals surface area (Å²) < 4.78 is 5.32. The number of rotatable bonds is 2. The number of pyridine rings is 1. The Balaban J connectivity index is 1.93. The van der Waals surface area contributed by atoms with Crippen molar-refractivity contribution in [1.29, 1.82) is 0 Å². The van der Waals surface area contributed by atoms with Crippen molar-refractivity contribution < 1.29 is 9.53 Å². The number of hydrogen-bond donors (Lipinski definition) is 1. The highest BCUT2D eigenvalue weighted by atomic mass is 16.6. The highest BCUT2D eigenvalue weighted by molar-refractivity contribution is 5.68. The summed E-state index contributed by atoms with van der Waals surface area (Å²) >= 11 is 0. The van der Waals surface area contributed by atoms with Crippen LogP contribution in [0.15, 0.2) is 18.2 Å². The van der Waals surface area contributed by atoms with Gasteiger partial charge in [0.1, 0.15) is 11.4 Å². The topological polar surface area (TPSA) is 54.5 Å². The predicted octanol–water partition coefficient (Wildman–Crippen LogP) is 2.88. The van der Waals surface area contributed by atoms with E-state index in [4.69, 9.17) is 4.74 Å². The standard InChI is InChI=1S/C16H25N3O2/c1-12-7-5-9-14(17-12)19-10-6-8-13(11-19)18-15(20)21-16(2,3)4/h5,7,9,13H,6,8,10-11H2,1-4H3,(H,18,20). The van der Waals surface area contributed by atoms with Crippen molar-refractivity contribution in [1.82, 2.24) is 10.3 Å². The zero-order valence-electron chi connectivity index (χ0n) is 13.3. The van der Waals surface area contributed by atoms with Gasteiger partial charge in [0.2, 0.25) is 0 Å². The zero-order valence-corrected chi connectivity index (χ0v) is 13.3. The maximum atomic E-state index is 11.9. The van der Waals surface area contributed by atoms with Gasteiger partial charge in [0, 0.05) is 24.8 Å². The largest absolute Gasteiger partial charge is 0.444 e. The van der Waals surface area contributed by atoms with E-state index in [0.717, 1.165) is 37.4 Å². The number of hydrogen-bond acceptors (Lipinski definition) is 4. The molecule has 0 radical (unpaired) electrons. The zero-order chi connectivity index (χ0) is 15.5. The molecule has 1 saturated heterocycles. The number of carbonyl (C=O) groups is 1. The Morgan fingerprint density at radius 1 is 1.43 bits per heavy atom. The third-order valence-corrected chi connectivity index (χ3v) is 3.34. The first-order valence-corrected chi connectivity index (χ1v) is 7.51. The SMILES string of the molecule is Cc1cccc(N2CCCC(NC(=O)OC(C)(C)C)C2)n1. The molecule has 0 aliphatic carbocycles. The Hall–Kier alpha value is -1.78. The third-order valence-electron chi connectivity index (χ3n) is 3.34. The summed E-state index contributed by atoms with van der Waals surface area (Å²) in [7, 11) is 0. The number of amides is 1. The van der Waals surface area contributed by atoms with E-state index in [2.05, 4.69) is 15.2 Å². The molecule has 1 N–H and O–H groups in total. The molecule has 1 fully saturated rings. The van der Waals surface area contributed by atoms with Crippen LogP contribution in [0.25, 0.3) is 0 Å². The summed E-state index contributed by atoms with van der Waals surface area (Å²) in [6, 6.07) is 6.13. The number of aryl methyl sites for hydroxylation is 1. The van der Waals surface area contributed by atoms with Gasteiger partial charge in [-0.25, -0.2) is 9.78 Å². The van der Waals surface area contributed by atoms with Gasteiger partial charge < -0.3 is 15.0 Å². The molecule has 1 aromatic rings. The van der Waals surface area contributed by atoms with Crippen LogP contribution in [0.2, 0.25) is 0 Å². The minimum absolute atomic E-state index is 0.107. The first-order chi connectivity index (χ1) is 9.83. The van der Waals surface area contributed by atoms with Gasteiger partial charge in [-0.2, -0.15) is 0 Å². The molecule has 5 nitrogen and oxygen atoms in total. The lowest BCUT2D eigenvalue weighted by molar-refractivity contribution is 0.0500. The van der Waals surface area contributed by atoms with Crippen LogP contribution in [0, 0.1) is 6.92 Å². The smallest absolute Gasteiger partial charge is 0.407 e. The van der Waals surface area contributed by atoms with Gasteiger partial charge in [0.15, 0.2) is 0 Å². The van der Waals surface area contributed by atoms with Crippen LogP contribution in [0.3, 0.4) is 0 Å². The van der Waals surface area contributed by atoms with Crippen LogP contribution in [0.1, 0.15) is 39.3 Å². The minimum Gasteiger partial charge on any atom is -0.444 e. The fourth-order valence-electron chi connectivity index (χ4n) is 2.48. The van der Waals surface area contributed by atoms with Crippen molar-refractivity contribution in [3.05, 3.63) is 23.9 Å². The molecule has 2 heterocycles. The Kier molecular flexibility index (Phi) is 4.70. The van der Waals surface area contributed by atoms with E-state index in [1.165, 1.54) is 0 Å². The van der Waals surface area contributed by atoms with Crippen LogP contribution < -0.4 is 10.2 Å². The monoisotopic (exact) mass is 291 g/mol. The van der Waals surface area contributed by atoms with Crippen molar-refractivity contribution in [3.8, 4) is 0 Å². The summed E-state index contributed by atoms with van der Waals surface area (Å²) in [5, 5.41) is 2.96.